The summed E-state index contributed by atoms with van der Waals surface area (Å²) >= 11 is 0. The molecule has 12 heteroatoms. The van der Waals surface area contributed by atoms with Crippen molar-refractivity contribution in [3.05, 3.63) is 48.6 Å². The van der Waals surface area contributed by atoms with Gasteiger partial charge in [-0.05, 0) is 50.5 Å². The Balaban J connectivity index is 4.28. The van der Waals surface area contributed by atoms with Gasteiger partial charge in [0.25, 0.3) is 0 Å². The summed E-state index contributed by atoms with van der Waals surface area (Å²) in [5, 5.41) is 18.4. The number of hydrogen-bond donors (Lipinski definition) is 3. The van der Waals surface area contributed by atoms with Crippen LogP contribution in [0.25, 0.3) is 0 Å². The molecule has 0 fully saturated rings. The van der Waals surface area contributed by atoms with Crippen LogP contribution in [0, 0.1) is 5.92 Å². The van der Waals surface area contributed by atoms with E-state index in [1.807, 2.05) is 36.5 Å². The fourth-order valence-corrected chi connectivity index (χ4v) is 7.53. The number of phosphoric ester groups is 1. The van der Waals surface area contributed by atoms with Gasteiger partial charge in [0.05, 0.1) is 19.8 Å². The smallest absolute Gasteiger partial charge is 0.462 e. The van der Waals surface area contributed by atoms with Gasteiger partial charge in [0.2, 0.25) is 0 Å². The minimum Gasteiger partial charge on any atom is -0.462 e. The predicted molar refractivity (Wildman–Crippen MR) is 256 cm³/mol. The van der Waals surface area contributed by atoms with Gasteiger partial charge in [0.1, 0.15) is 12.7 Å². The van der Waals surface area contributed by atoms with E-state index in [2.05, 4.69) is 25.3 Å². The monoisotopic (exact) mass is 911 g/mol. The molecule has 0 aromatic carbocycles. The van der Waals surface area contributed by atoms with Gasteiger partial charge >= 0.3 is 19.8 Å². The van der Waals surface area contributed by atoms with Crippen molar-refractivity contribution in [2.75, 3.05) is 26.4 Å². The van der Waals surface area contributed by atoms with Gasteiger partial charge in [0, 0.05) is 19.3 Å². The predicted octanol–water partition coefficient (Wildman–Crippen LogP) is 13.1. The second-order valence-corrected chi connectivity index (χ2v) is 18.6. The van der Waals surface area contributed by atoms with E-state index >= 15 is 0 Å². The van der Waals surface area contributed by atoms with Crippen LogP contribution in [-0.4, -0.2) is 71.5 Å². The average Bonchev–Trinajstić information content (AvgIpc) is 3.27. The van der Waals surface area contributed by atoms with Crippen LogP contribution in [0.2, 0.25) is 0 Å². The molecular formula is C51H91O11P. The van der Waals surface area contributed by atoms with E-state index < -0.39 is 51.8 Å². The number of rotatable bonds is 46. The number of allylic oxidation sites excluding steroid dienone is 8. The average molecular weight is 911 g/mol. The molecule has 0 radical (unpaired) electrons. The van der Waals surface area contributed by atoms with Crippen LogP contribution in [0.1, 0.15) is 213 Å². The van der Waals surface area contributed by atoms with E-state index in [0.717, 1.165) is 57.3 Å². The first-order valence-electron chi connectivity index (χ1n) is 24.9. The van der Waals surface area contributed by atoms with Crippen molar-refractivity contribution in [3.8, 4) is 0 Å². The van der Waals surface area contributed by atoms with Crippen molar-refractivity contribution >= 4 is 25.5 Å². The zero-order valence-electron chi connectivity index (χ0n) is 39.9. The molecule has 4 atom stereocenters. The Morgan fingerprint density at radius 2 is 1.10 bits per heavy atom. The lowest BCUT2D eigenvalue weighted by atomic mass is 9.99. The highest BCUT2D eigenvalue weighted by molar-refractivity contribution is 7.47. The number of ketones is 1. The Kier molecular flexibility index (Phi) is 43.1. The molecule has 0 saturated carbocycles. The lowest BCUT2D eigenvalue weighted by Crippen LogP contribution is -2.29. The second-order valence-electron chi connectivity index (χ2n) is 17.1. The summed E-state index contributed by atoms with van der Waals surface area (Å²) in [6.45, 7) is 4.55. The number of aliphatic hydroxyl groups excluding tert-OH is 2. The van der Waals surface area contributed by atoms with Gasteiger partial charge in [-0.2, -0.15) is 0 Å². The van der Waals surface area contributed by atoms with Crippen LogP contribution < -0.4 is 0 Å². The zero-order valence-corrected chi connectivity index (χ0v) is 40.8. The molecule has 0 aliphatic heterocycles. The van der Waals surface area contributed by atoms with Gasteiger partial charge in [-0.25, -0.2) is 4.57 Å². The third kappa shape index (κ3) is 44.6. The highest BCUT2D eigenvalue weighted by atomic mass is 31.2. The van der Waals surface area contributed by atoms with Crippen molar-refractivity contribution in [3.63, 3.8) is 0 Å². The first-order valence-corrected chi connectivity index (χ1v) is 26.4. The molecule has 0 amide bonds. The molecular weight excluding hydrogens is 820 g/mol. The maximum absolute atomic E-state index is 12.6. The van der Waals surface area contributed by atoms with Gasteiger partial charge in [0.15, 0.2) is 11.9 Å². The van der Waals surface area contributed by atoms with Crippen LogP contribution in [0.15, 0.2) is 48.6 Å². The van der Waals surface area contributed by atoms with E-state index in [1.165, 1.54) is 103 Å². The minimum atomic E-state index is -4.65. The fraction of sp³-hybridized carbons (Fsp3) is 0.784. The molecule has 366 valence electrons. The molecule has 0 spiro atoms. The van der Waals surface area contributed by atoms with Gasteiger partial charge in [-0.1, -0.05) is 198 Å². The topological polar surface area (TPSA) is 166 Å². The van der Waals surface area contributed by atoms with Gasteiger partial charge in [-0.15, -0.1) is 0 Å². The number of carbonyl (C=O) groups is 3. The standard InChI is InChI=1S/C51H91O11P/c1-4-6-32-38-47(53)39-34-29-25-21-17-15-19-23-27-31-36-41-51(56)62-49(45-61-63(57,58)60-43-48(54)42-52)44-59-50(55)40-35-30-26-22-18-14-12-10-8-7-9-11-13-16-20-24-28-33-37-46(3)5-2/h15,17,23,25,27,29,34,39,46,48-49,52,54H,4-14,16,18-22,24,26,28,30-33,35-38,40-45H2,1-3H3,(H,57,58)/b17-15-,27-23-,29-25-,39-34+/t46?,48-,49+/m0/s1. The summed E-state index contributed by atoms with van der Waals surface area (Å²) in [4.78, 5) is 46.8. The summed E-state index contributed by atoms with van der Waals surface area (Å²) < 4.78 is 32.7. The summed E-state index contributed by atoms with van der Waals surface area (Å²) in [5.41, 5.74) is 0. The van der Waals surface area contributed by atoms with Gasteiger partial charge in [-0.3, -0.25) is 23.4 Å². The molecule has 0 aliphatic rings. The molecule has 0 heterocycles. The number of aliphatic hydroxyl groups is 2. The molecule has 2 unspecified atom stereocenters. The first-order chi connectivity index (χ1) is 30.5. The Morgan fingerprint density at radius 1 is 0.587 bits per heavy atom. The van der Waals surface area contributed by atoms with E-state index in [0.29, 0.717) is 25.7 Å². The Hall–Kier alpha value is -2.40. The Morgan fingerprint density at radius 3 is 1.67 bits per heavy atom. The van der Waals surface area contributed by atoms with E-state index in [-0.39, 0.29) is 25.2 Å². The summed E-state index contributed by atoms with van der Waals surface area (Å²) in [6.07, 6.45) is 44.9. The third-order valence-corrected chi connectivity index (χ3v) is 12.0. The molecule has 63 heavy (non-hydrogen) atoms. The van der Waals surface area contributed by atoms with E-state index in [1.54, 1.807) is 12.2 Å². The maximum Gasteiger partial charge on any atom is 0.472 e. The van der Waals surface area contributed by atoms with Gasteiger partial charge < -0.3 is 24.6 Å². The number of esters is 2. The highest BCUT2D eigenvalue weighted by Crippen LogP contribution is 2.43. The first kappa shape index (κ1) is 60.6. The number of unbranched alkanes of at least 4 members (excludes halogenated alkanes) is 20. The maximum atomic E-state index is 12.6. The van der Waals surface area contributed by atoms with Crippen molar-refractivity contribution < 1.29 is 52.6 Å². The van der Waals surface area contributed by atoms with Crippen LogP contribution in [0.4, 0.5) is 0 Å². The highest BCUT2D eigenvalue weighted by Gasteiger charge is 2.27. The lowest BCUT2D eigenvalue weighted by Gasteiger charge is -2.20. The lowest BCUT2D eigenvalue weighted by molar-refractivity contribution is -0.161. The molecule has 0 aromatic rings. The minimum absolute atomic E-state index is 0.0824. The molecule has 3 N–H and O–H groups in total. The zero-order chi connectivity index (χ0) is 46.5. The van der Waals surface area contributed by atoms with E-state index in [9.17, 15) is 28.9 Å². The number of phosphoric acid groups is 1. The van der Waals surface area contributed by atoms with Crippen LogP contribution in [0.3, 0.4) is 0 Å². The Bertz CT molecular complexity index is 1260. The van der Waals surface area contributed by atoms with Crippen LogP contribution >= 0.6 is 7.82 Å². The van der Waals surface area contributed by atoms with Crippen molar-refractivity contribution in [1.82, 2.24) is 0 Å². The van der Waals surface area contributed by atoms with E-state index in [4.69, 9.17) is 19.1 Å². The third-order valence-electron chi connectivity index (χ3n) is 11.0. The molecule has 0 saturated heterocycles. The molecule has 0 aromatic heterocycles. The molecule has 0 rings (SSSR count). The van der Waals surface area contributed by atoms with Crippen molar-refractivity contribution in [1.29, 1.82) is 0 Å². The molecule has 0 aliphatic carbocycles. The molecule has 11 nitrogen and oxygen atoms in total. The van der Waals surface area contributed by atoms with Crippen molar-refractivity contribution in [2.45, 2.75) is 226 Å². The van der Waals surface area contributed by atoms with Crippen LogP contribution in [-0.2, 0) is 37.5 Å². The second kappa shape index (κ2) is 44.8. The number of carbonyl (C=O) groups excluding carboxylic acids is 3. The number of ether oxygens (including phenoxy) is 2. The number of hydrogen-bond acceptors (Lipinski definition) is 10. The summed E-state index contributed by atoms with van der Waals surface area (Å²) in [5.74, 6) is 0.0270. The normalized spacial score (nSPS) is 14.5. The summed E-state index contributed by atoms with van der Waals surface area (Å²) in [7, 11) is -4.65. The fourth-order valence-electron chi connectivity index (χ4n) is 6.74. The Labute approximate surface area is 383 Å². The summed E-state index contributed by atoms with van der Waals surface area (Å²) in [6, 6.07) is 0. The molecule has 0 bridgehead atoms. The van der Waals surface area contributed by atoms with Crippen molar-refractivity contribution in [2.24, 2.45) is 5.92 Å². The SMILES string of the molecule is CCCCCC(=O)/C=C/C=C\C/C=C\C/C=C\CCCC(=O)O[C@H](COC(=O)CCCCCCCCCCCCCCCCCCCCC(C)CC)COP(=O)(O)OC[C@@H](O)CO. The quantitative estimate of drug-likeness (QED) is 0.0133. The van der Waals surface area contributed by atoms with Crippen LogP contribution in [0.5, 0.6) is 0 Å². The largest absolute Gasteiger partial charge is 0.472 e.